The maximum atomic E-state index is 11.6. The summed E-state index contributed by atoms with van der Waals surface area (Å²) in [4.78, 5) is 23.0. The molecule has 4 nitrogen and oxygen atoms in total. The van der Waals surface area contributed by atoms with Gasteiger partial charge < -0.3 is 9.47 Å². The summed E-state index contributed by atoms with van der Waals surface area (Å²) in [5.74, 6) is 0.157. The molecule has 0 fully saturated rings. The van der Waals surface area contributed by atoms with Crippen LogP contribution in [0.5, 0.6) is 0 Å². The Kier molecular flexibility index (Phi) is 9.83. The van der Waals surface area contributed by atoms with E-state index < -0.39 is 0 Å². The minimum absolute atomic E-state index is 0.253. The molecule has 0 aliphatic rings. The summed E-state index contributed by atoms with van der Waals surface area (Å²) < 4.78 is 10.6. The minimum atomic E-state index is -0.256. The fraction of sp³-hybridized carbons (Fsp3) is 0.417. The molecule has 29 heavy (non-hydrogen) atoms. The maximum Gasteiger partial charge on any atom is 0.338 e. The third-order valence-electron chi connectivity index (χ3n) is 4.59. The van der Waals surface area contributed by atoms with E-state index in [1.165, 1.54) is 25.3 Å². The van der Waals surface area contributed by atoms with Crippen LogP contribution in [0.15, 0.2) is 30.3 Å². The minimum Gasteiger partial charge on any atom is -0.465 e. The summed E-state index contributed by atoms with van der Waals surface area (Å²) in [6.07, 6.45) is 0. The van der Waals surface area contributed by atoms with Crippen molar-refractivity contribution in [1.29, 1.82) is 0 Å². The molecule has 0 spiro atoms. The molecule has 0 aliphatic heterocycles. The topological polar surface area (TPSA) is 52.6 Å². The molecule has 0 radical (unpaired) electrons. The molecule has 158 valence electrons. The van der Waals surface area contributed by atoms with Gasteiger partial charge in [0.25, 0.3) is 0 Å². The van der Waals surface area contributed by atoms with E-state index in [2.05, 4.69) is 63.3 Å². The van der Waals surface area contributed by atoms with Crippen LogP contribution in [0.25, 0.3) is 0 Å². The van der Waals surface area contributed by atoms with Gasteiger partial charge in [-0.1, -0.05) is 51.5 Å². The lowest BCUT2D eigenvalue weighted by molar-refractivity contribution is 0.0590. The largest absolute Gasteiger partial charge is 0.465 e. The Morgan fingerprint density at radius 1 is 0.793 bits per heavy atom. The van der Waals surface area contributed by atoms with Crippen LogP contribution in [0.2, 0.25) is 0 Å². The number of esters is 2. The summed E-state index contributed by atoms with van der Waals surface area (Å²) in [6, 6.07) is 9.77. The Hall–Kier alpha value is -1.89. The Balaban J connectivity index is 0.000000291. The van der Waals surface area contributed by atoms with E-state index in [1.807, 2.05) is 31.2 Å². The number of carbonyl (C=O) groups excluding carboxylic acids is 2. The number of benzene rings is 2. The predicted octanol–water partition coefficient (Wildman–Crippen LogP) is 6.41. The number of carbonyl (C=O) groups is 2. The van der Waals surface area contributed by atoms with Crippen molar-refractivity contribution in [3.63, 3.8) is 0 Å². The smallest absolute Gasteiger partial charge is 0.338 e. The predicted molar refractivity (Wildman–Crippen MR) is 126 cm³/mol. The van der Waals surface area contributed by atoms with Crippen molar-refractivity contribution in [3.8, 4) is 0 Å². The molecule has 0 saturated carbocycles. The van der Waals surface area contributed by atoms with Crippen LogP contribution in [-0.2, 0) is 9.47 Å². The molecule has 0 saturated heterocycles. The first-order chi connectivity index (χ1) is 13.5. The number of aryl methyl sites for hydroxylation is 2. The average Bonchev–Trinajstić information content (AvgIpc) is 2.68. The van der Waals surface area contributed by atoms with Crippen LogP contribution < -0.4 is 0 Å². The van der Waals surface area contributed by atoms with E-state index in [9.17, 15) is 9.59 Å². The van der Waals surface area contributed by atoms with E-state index >= 15 is 0 Å². The van der Waals surface area contributed by atoms with E-state index in [4.69, 9.17) is 9.47 Å². The Bertz CT molecular complexity index is 869. The van der Waals surface area contributed by atoms with Crippen molar-refractivity contribution in [2.75, 3.05) is 14.2 Å². The van der Waals surface area contributed by atoms with Gasteiger partial charge in [0.2, 0.25) is 0 Å². The van der Waals surface area contributed by atoms with E-state index in [1.54, 1.807) is 0 Å². The van der Waals surface area contributed by atoms with Crippen LogP contribution in [0, 0.1) is 17.4 Å². The van der Waals surface area contributed by atoms with Gasteiger partial charge in [0.1, 0.15) is 0 Å². The van der Waals surface area contributed by atoms with Gasteiger partial charge >= 0.3 is 11.9 Å². The fourth-order valence-corrected chi connectivity index (χ4v) is 3.39. The number of hydrogen-bond acceptors (Lipinski definition) is 4. The Morgan fingerprint density at radius 2 is 1.28 bits per heavy atom. The van der Waals surface area contributed by atoms with Gasteiger partial charge in [-0.05, 0) is 77.1 Å². The Labute approximate surface area is 188 Å². The van der Waals surface area contributed by atoms with Crippen molar-refractivity contribution in [2.45, 2.75) is 53.4 Å². The zero-order valence-electron chi connectivity index (χ0n) is 18.6. The first kappa shape index (κ1) is 25.1. The molecule has 0 heterocycles. The second-order valence-electron chi connectivity index (χ2n) is 7.57. The third-order valence-corrected chi connectivity index (χ3v) is 5.75. The number of rotatable bonds is 4. The highest BCUT2D eigenvalue weighted by molar-refractivity contribution is 14.1. The maximum absolute atomic E-state index is 11.6. The van der Waals surface area contributed by atoms with Crippen molar-refractivity contribution in [3.05, 3.63) is 67.3 Å². The van der Waals surface area contributed by atoms with Crippen LogP contribution in [0.1, 0.15) is 82.5 Å². The van der Waals surface area contributed by atoms with Gasteiger partial charge in [0, 0.05) is 3.57 Å². The standard InChI is InChI=1S/C12H15IO2.C12H16O2/c1-7(2)9-5-8(3)11(13)6-10(9)12(14)15-4;1-8(2)11-7-9(3)5-6-10(11)12(13)14-4/h5-7H,1-4H3;5-8H,1-4H3. The van der Waals surface area contributed by atoms with Crippen LogP contribution in [0.3, 0.4) is 0 Å². The lowest BCUT2D eigenvalue weighted by atomic mass is 9.95. The molecule has 0 atom stereocenters. The molecular formula is C24H31IO4. The van der Waals surface area contributed by atoms with Crippen molar-refractivity contribution < 1.29 is 19.1 Å². The number of ether oxygens (including phenoxy) is 2. The highest BCUT2D eigenvalue weighted by Crippen LogP contribution is 2.25. The molecule has 2 rings (SSSR count). The van der Waals surface area contributed by atoms with E-state index in [-0.39, 0.29) is 11.9 Å². The van der Waals surface area contributed by atoms with Gasteiger partial charge in [-0.3, -0.25) is 0 Å². The van der Waals surface area contributed by atoms with Gasteiger partial charge in [-0.25, -0.2) is 9.59 Å². The molecule has 2 aromatic carbocycles. The average molecular weight is 510 g/mol. The summed E-state index contributed by atoms with van der Waals surface area (Å²) in [5, 5.41) is 0. The summed E-state index contributed by atoms with van der Waals surface area (Å²) >= 11 is 2.23. The molecule has 0 amide bonds. The lowest BCUT2D eigenvalue weighted by Crippen LogP contribution is -2.08. The van der Waals surface area contributed by atoms with E-state index in [0.717, 1.165) is 14.7 Å². The zero-order chi connectivity index (χ0) is 22.3. The monoisotopic (exact) mass is 510 g/mol. The van der Waals surface area contributed by atoms with Crippen LogP contribution in [-0.4, -0.2) is 26.2 Å². The molecule has 2 aromatic rings. The quantitative estimate of drug-likeness (QED) is 0.352. The first-order valence-electron chi connectivity index (χ1n) is 9.60. The van der Waals surface area contributed by atoms with Gasteiger partial charge in [0.05, 0.1) is 25.3 Å². The molecule has 0 aliphatic carbocycles. The van der Waals surface area contributed by atoms with Crippen LogP contribution in [0.4, 0.5) is 0 Å². The number of hydrogen-bond donors (Lipinski definition) is 0. The SMILES string of the molecule is COC(=O)c1cc(I)c(C)cc1C(C)C.COC(=O)c1ccc(C)cc1C(C)C. The highest BCUT2D eigenvalue weighted by atomic mass is 127. The Morgan fingerprint density at radius 3 is 1.76 bits per heavy atom. The molecule has 0 N–H and O–H groups in total. The van der Waals surface area contributed by atoms with Gasteiger partial charge in [-0.2, -0.15) is 0 Å². The molecule has 0 aromatic heterocycles. The van der Waals surface area contributed by atoms with Gasteiger partial charge in [-0.15, -0.1) is 0 Å². The summed E-state index contributed by atoms with van der Waals surface area (Å²) in [5.41, 5.74) is 5.83. The number of halogens is 1. The van der Waals surface area contributed by atoms with Crippen LogP contribution >= 0.6 is 22.6 Å². The van der Waals surface area contributed by atoms with Crippen molar-refractivity contribution >= 4 is 34.5 Å². The first-order valence-corrected chi connectivity index (χ1v) is 10.7. The molecule has 0 unspecified atom stereocenters. The normalized spacial score (nSPS) is 10.4. The van der Waals surface area contributed by atoms with Crippen molar-refractivity contribution in [1.82, 2.24) is 0 Å². The third kappa shape index (κ3) is 6.84. The number of methoxy groups -OCH3 is 2. The molecule has 0 bridgehead atoms. The van der Waals surface area contributed by atoms with E-state index in [0.29, 0.717) is 23.0 Å². The second-order valence-corrected chi connectivity index (χ2v) is 8.73. The second kappa shape index (κ2) is 11.3. The summed E-state index contributed by atoms with van der Waals surface area (Å²) in [6.45, 7) is 12.4. The molecular weight excluding hydrogens is 479 g/mol. The van der Waals surface area contributed by atoms with Crippen molar-refractivity contribution in [2.24, 2.45) is 0 Å². The fourth-order valence-electron chi connectivity index (χ4n) is 2.92. The summed E-state index contributed by atoms with van der Waals surface area (Å²) in [7, 11) is 2.82. The molecule has 5 heteroatoms. The highest BCUT2D eigenvalue weighted by Gasteiger charge is 2.16. The lowest BCUT2D eigenvalue weighted by Gasteiger charge is -2.13. The zero-order valence-corrected chi connectivity index (χ0v) is 20.7. The van der Waals surface area contributed by atoms with Gasteiger partial charge in [0.15, 0.2) is 0 Å².